The van der Waals surface area contributed by atoms with Crippen LogP contribution >= 0.6 is 11.3 Å². The number of carbonyl (C=O) groups excluding carboxylic acids is 2. The van der Waals surface area contributed by atoms with Crippen LogP contribution in [0.25, 0.3) is 11.3 Å². The molecular weight excluding hydrogens is 492 g/mol. The first-order chi connectivity index (χ1) is 17.7. The number of phenolic OH excluding ortho intramolecular Hbond substituents is 2. The maximum atomic E-state index is 13.6. The monoisotopic (exact) mass is 522 g/mol. The predicted octanol–water partition coefficient (Wildman–Crippen LogP) is 4.84. The fourth-order valence-electron chi connectivity index (χ4n) is 4.89. The summed E-state index contributed by atoms with van der Waals surface area (Å²) >= 11 is 1.35. The van der Waals surface area contributed by atoms with E-state index in [-0.39, 0.29) is 24.7 Å². The minimum Gasteiger partial charge on any atom is -0.504 e. The van der Waals surface area contributed by atoms with E-state index in [1.54, 1.807) is 26.8 Å². The van der Waals surface area contributed by atoms with Gasteiger partial charge in [0, 0.05) is 22.6 Å². The van der Waals surface area contributed by atoms with Crippen molar-refractivity contribution in [3.8, 4) is 22.8 Å². The molecule has 8 nitrogen and oxygen atoms in total. The molecule has 0 saturated carbocycles. The second kappa shape index (κ2) is 10.6. The number of benzene rings is 2. The van der Waals surface area contributed by atoms with Crippen LogP contribution in [-0.2, 0) is 24.6 Å². The topological polar surface area (TPSA) is 118 Å². The smallest absolute Gasteiger partial charge is 0.336 e. The first-order valence-corrected chi connectivity index (χ1v) is 12.9. The van der Waals surface area contributed by atoms with Crippen molar-refractivity contribution in [2.75, 3.05) is 13.2 Å². The zero-order valence-electron chi connectivity index (χ0n) is 21.1. The molecule has 2 heterocycles. The molecule has 3 aromatic rings. The number of nitrogens with zero attached hydrogens (tertiary/aromatic N) is 1. The van der Waals surface area contributed by atoms with Gasteiger partial charge in [0.05, 0.1) is 30.4 Å². The molecule has 9 heteroatoms. The lowest BCUT2D eigenvalue weighted by atomic mass is 9.67. The highest BCUT2D eigenvalue weighted by atomic mass is 32.1. The van der Waals surface area contributed by atoms with E-state index in [1.807, 2.05) is 42.6 Å². The highest BCUT2D eigenvalue weighted by Gasteiger charge is 2.54. The number of carbonyl (C=O) groups is 2. The Morgan fingerprint density at radius 3 is 2.41 bits per heavy atom. The summed E-state index contributed by atoms with van der Waals surface area (Å²) in [7, 11) is 0. The zero-order chi connectivity index (χ0) is 26.7. The van der Waals surface area contributed by atoms with Gasteiger partial charge in [0.15, 0.2) is 11.5 Å². The van der Waals surface area contributed by atoms with Gasteiger partial charge in [-0.25, -0.2) is 9.78 Å². The van der Waals surface area contributed by atoms with Gasteiger partial charge in [-0.05, 0) is 51.5 Å². The molecule has 37 heavy (non-hydrogen) atoms. The maximum Gasteiger partial charge on any atom is 0.336 e. The van der Waals surface area contributed by atoms with Crippen LogP contribution in [0.15, 0.2) is 65.2 Å². The van der Waals surface area contributed by atoms with Gasteiger partial charge in [0.1, 0.15) is 10.5 Å². The van der Waals surface area contributed by atoms with Crippen LogP contribution in [0.5, 0.6) is 11.5 Å². The SMILES string of the molecule is CCOC(=O)C1=C(C)NC(C)(c2nc(-c3ccc(O)c(O)c3)cs2)C(C(=O)OCC)C1c1ccccc1. The summed E-state index contributed by atoms with van der Waals surface area (Å²) in [5, 5.41) is 25.5. The largest absolute Gasteiger partial charge is 0.504 e. The molecule has 0 spiro atoms. The average Bonchev–Trinajstić information content (AvgIpc) is 3.37. The number of hydrogen-bond acceptors (Lipinski definition) is 9. The normalized spacial score (nSPS) is 21.3. The zero-order valence-corrected chi connectivity index (χ0v) is 22.0. The minimum absolute atomic E-state index is 0.181. The molecule has 0 radical (unpaired) electrons. The first kappa shape index (κ1) is 26.2. The molecule has 4 rings (SSSR count). The lowest BCUT2D eigenvalue weighted by molar-refractivity contribution is -0.152. The average molecular weight is 523 g/mol. The summed E-state index contributed by atoms with van der Waals surface area (Å²) in [4.78, 5) is 31.7. The standard InChI is InChI=1S/C28H30N2O6S/c1-5-35-25(33)22-16(3)30-28(4,24(26(34)36-6-2)23(22)17-10-8-7-9-11-17)27-29-19(15-37-27)18-12-13-20(31)21(32)14-18/h7-15,23-24,30-32H,5-6H2,1-4H3. The Balaban J connectivity index is 1.90. The second-order valence-electron chi connectivity index (χ2n) is 8.95. The summed E-state index contributed by atoms with van der Waals surface area (Å²) in [6.45, 7) is 7.55. The van der Waals surface area contributed by atoms with Crippen LogP contribution in [0.3, 0.4) is 0 Å². The number of esters is 2. The van der Waals surface area contributed by atoms with Crippen molar-refractivity contribution in [1.29, 1.82) is 0 Å². The van der Waals surface area contributed by atoms with Gasteiger partial charge in [-0.15, -0.1) is 11.3 Å². The lowest BCUT2D eigenvalue weighted by Gasteiger charge is -2.45. The molecule has 194 valence electrons. The predicted molar refractivity (Wildman–Crippen MR) is 140 cm³/mol. The molecule has 0 fully saturated rings. The number of hydrogen-bond donors (Lipinski definition) is 3. The molecule has 3 unspecified atom stereocenters. The van der Waals surface area contributed by atoms with E-state index in [4.69, 9.17) is 14.5 Å². The van der Waals surface area contributed by atoms with Gasteiger partial charge in [-0.2, -0.15) is 0 Å². The Morgan fingerprint density at radius 2 is 1.76 bits per heavy atom. The maximum absolute atomic E-state index is 13.6. The van der Waals surface area contributed by atoms with Crippen LogP contribution in [0, 0.1) is 5.92 Å². The van der Waals surface area contributed by atoms with E-state index in [9.17, 15) is 19.8 Å². The first-order valence-electron chi connectivity index (χ1n) is 12.1. The molecule has 0 bridgehead atoms. The summed E-state index contributed by atoms with van der Waals surface area (Å²) < 4.78 is 11.0. The fourth-order valence-corrected chi connectivity index (χ4v) is 5.88. The van der Waals surface area contributed by atoms with E-state index >= 15 is 0 Å². The van der Waals surface area contributed by atoms with Gasteiger partial charge >= 0.3 is 11.9 Å². The van der Waals surface area contributed by atoms with E-state index in [0.717, 1.165) is 5.56 Å². The minimum atomic E-state index is -1.03. The molecule has 1 aromatic heterocycles. The van der Waals surface area contributed by atoms with Crippen molar-refractivity contribution < 1.29 is 29.3 Å². The Hall–Kier alpha value is -3.85. The number of rotatable bonds is 7. The molecule has 1 aliphatic rings. The third-order valence-corrected chi connectivity index (χ3v) is 7.61. The molecule has 0 amide bonds. The second-order valence-corrected chi connectivity index (χ2v) is 9.80. The molecule has 3 N–H and O–H groups in total. The highest BCUT2D eigenvalue weighted by Crippen LogP contribution is 2.49. The van der Waals surface area contributed by atoms with Crippen molar-refractivity contribution >= 4 is 23.3 Å². The van der Waals surface area contributed by atoms with Crippen molar-refractivity contribution in [3.05, 3.63) is 75.8 Å². The summed E-state index contributed by atoms with van der Waals surface area (Å²) in [6.07, 6.45) is 0. The van der Waals surface area contributed by atoms with E-state index in [1.165, 1.54) is 23.5 Å². The van der Waals surface area contributed by atoms with Crippen molar-refractivity contribution in [2.45, 2.75) is 39.2 Å². The van der Waals surface area contributed by atoms with Crippen LogP contribution < -0.4 is 5.32 Å². The van der Waals surface area contributed by atoms with Crippen LogP contribution in [0.1, 0.15) is 44.2 Å². The number of thiazole rings is 1. The van der Waals surface area contributed by atoms with Crippen LogP contribution in [-0.4, -0.2) is 40.3 Å². The quantitative estimate of drug-likeness (QED) is 0.298. The molecule has 1 aliphatic heterocycles. The highest BCUT2D eigenvalue weighted by molar-refractivity contribution is 7.10. The van der Waals surface area contributed by atoms with Gasteiger partial charge < -0.3 is 25.0 Å². The Bertz CT molecular complexity index is 1340. The molecule has 3 atom stereocenters. The van der Waals surface area contributed by atoms with Crippen LogP contribution in [0.2, 0.25) is 0 Å². The molecule has 0 saturated heterocycles. The summed E-state index contributed by atoms with van der Waals surface area (Å²) in [5.41, 5.74) is 1.92. The molecule has 0 aliphatic carbocycles. The third kappa shape index (κ3) is 4.91. The van der Waals surface area contributed by atoms with Gasteiger partial charge in [0.25, 0.3) is 0 Å². The molecular formula is C28H30N2O6S. The van der Waals surface area contributed by atoms with E-state index < -0.39 is 29.3 Å². The van der Waals surface area contributed by atoms with Gasteiger partial charge in [0.2, 0.25) is 0 Å². The summed E-state index contributed by atoms with van der Waals surface area (Å²) in [6, 6.07) is 13.9. The van der Waals surface area contributed by atoms with Gasteiger partial charge in [-0.3, -0.25) is 4.79 Å². The Morgan fingerprint density at radius 1 is 1.05 bits per heavy atom. The lowest BCUT2D eigenvalue weighted by Crippen LogP contribution is -2.55. The third-order valence-electron chi connectivity index (χ3n) is 6.53. The van der Waals surface area contributed by atoms with Crippen LogP contribution in [0.4, 0.5) is 0 Å². The van der Waals surface area contributed by atoms with Crippen molar-refractivity contribution in [3.63, 3.8) is 0 Å². The van der Waals surface area contributed by atoms with Gasteiger partial charge in [-0.1, -0.05) is 30.3 Å². The Labute approximate surface area is 219 Å². The fraction of sp³-hybridized carbons (Fsp3) is 0.321. The Kier molecular flexibility index (Phi) is 7.54. The number of allylic oxidation sites excluding steroid dienone is 1. The number of aromatic hydroxyl groups is 2. The molecule has 2 aromatic carbocycles. The number of nitrogens with one attached hydrogen (secondary N) is 1. The number of ether oxygens (including phenoxy) is 2. The van der Waals surface area contributed by atoms with E-state index in [0.29, 0.717) is 27.5 Å². The summed E-state index contributed by atoms with van der Waals surface area (Å²) in [5.74, 6) is -2.90. The van der Waals surface area contributed by atoms with Crippen molar-refractivity contribution in [1.82, 2.24) is 10.3 Å². The number of phenols is 2. The van der Waals surface area contributed by atoms with Crippen molar-refractivity contribution in [2.24, 2.45) is 5.92 Å². The van der Waals surface area contributed by atoms with E-state index in [2.05, 4.69) is 5.32 Å². The number of aromatic nitrogens is 1.